The van der Waals surface area contributed by atoms with Crippen LogP contribution in [0, 0.1) is 15.9 Å². The van der Waals surface area contributed by atoms with Gasteiger partial charge in [-0.25, -0.2) is 9.18 Å². The van der Waals surface area contributed by atoms with Crippen molar-refractivity contribution in [2.75, 3.05) is 6.61 Å². The molecule has 0 bridgehead atoms. The van der Waals surface area contributed by atoms with Gasteiger partial charge in [-0.2, -0.15) is 0 Å². The molecule has 1 aromatic heterocycles. The second kappa shape index (κ2) is 9.20. The molecule has 2 aromatic rings. The Morgan fingerprint density at radius 3 is 2.79 bits per heavy atom. The van der Waals surface area contributed by atoms with Crippen molar-refractivity contribution in [1.82, 2.24) is 9.88 Å². The van der Waals surface area contributed by atoms with Crippen LogP contribution in [0.3, 0.4) is 0 Å². The monoisotopic (exact) mass is 416 g/mol. The Balaban J connectivity index is 1.58. The highest BCUT2D eigenvalue weighted by atomic mass is 32.2. The Labute approximate surface area is 170 Å². The third-order valence-corrected chi connectivity index (χ3v) is 5.21. The van der Waals surface area contributed by atoms with Gasteiger partial charge in [0.2, 0.25) is 0 Å². The van der Waals surface area contributed by atoms with E-state index in [1.807, 2.05) is 0 Å². The minimum atomic E-state index is -0.605. The third kappa shape index (κ3) is 5.11. The number of nitro groups is 1. The van der Waals surface area contributed by atoms with Gasteiger partial charge >= 0.3 is 6.03 Å². The molecule has 0 aliphatic carbocycles. The average Bonchev–Trinajstić information content (AvgIpc) is 3.13. The molecular formula is C19H17FN4O4S. The summed E-state index contributed by atoms with van der Waals surface area (Å²) in [5.74, 6) is -0.531. The molecule has 0 radical (unpaired) electrons. The Morgan fingerprint density at radius 2 is 2.10 bits per heavy atom. The number of carbonyl (C=O) groups is 1. The topological polar surface area (TPSA) is 112 Å². The molecule has 10 heteroatoms. The van der Waals surface area contributed by atoms with E-state index in [0.717, 1.165) is 23.8 Å². The Bertz CT molecular complexity index is 968. The van der Waals surface area contributed by atoms with Crippen LogP contribution in [-0.2, 0) is 11.2 Å². The summed E-state index contributed by atoms with van der Waals surface area (Å²) in [5, 5.41) is 11.2. The first kappa shape index (κ1) is 20.3. The molecule has 0 spiro atoms. The summed E-state index contributed by atoms with van der Waals surface area (Å²) in [5.41, 5.74) is 6.43. The number of nitrogens with two attached hydrogens (primary N) is 1. The lowest BCUT2D eigenvalue weighted by Crippen LogP contribution is -2.31. The molecule has 1 atom stereocenters. The Kier molecular flexibility index (Phi) is 6.45. The van der Waals surface area contributed by atoms with Crippen LogP contribution in [0.4, 0.5) is 14.9 Å². The van der Waals surface area contributed by atoms with Gasteiger partial charge in [0.15, 0.2) is 5.09 Å². The van der Waals surface area contributed by atoms with E-state index in [-0.39, 0.29) is 29.7 Å². The molecule has 1 unspecified atom stereocenters. The van der Waals surface area contributed by atoms with Crippen molar-refractivity contribution in [3.05, 3.63) is 93.2 Å². The van der Waals surface area contributed by atoms with Crippen LogP contribution in [0.1, 0.15) is 16.5 Å². The fraction of sp³-hybridized carbons (Fsp3) is 0.158. The number of hydrogen-bond acceptors (Lipinski definition) is 6. The zero-order valence-electron chi connectivity index (χ0n) is 15.1. The van der Waals surface area contributed by atoms with E-state index >= 15 is 0 Å². The second-order valence-corrected chi connectivity index (χ2v) is 7.05. The number of rotatable bonds is 7. The first-order chi connectivity index (χ1) is 14.0. The molecular weight excluding hydrogens is 399 g/mol. The zero-order chi connectivity index (χ0) is 20.8. The van der Waals surface area contributed by atoms with Crippen LogP contribution in [0.15, 0.2) is 66.2 Å². The maximum atomic E-state index is 13.3. The van der Waals surface area contributed by atoms with Gasteiger partial charge in [-0.05, 0) is 36.2 Å². The number of thioether (sulfide) groups is 1. The number of carbonyl (C=O) groups excluding carboxylic acids is 1. The predicted octanol–water partition coefficient (Wildman–Crippen LogP) is 3.87. The highest BCUT2D eigenvalue weighted by Gasteiger charge is 2.31. The molecule has 2 N–H and O–H groups in total. The van der Waals surface area contributed by atoms with Crippen LogP contribution in [-0.4, -0.2) is 27.4 Å². The van der Waals surface area contributed by atoms with Crippen LogP contribution in [0.5, 0.6) is 0 Å². The summed E-state index contributed by atoms with van der Waals surface area (Å²) in [7, 11) is 0. The number of ether oxygens (including phenoxy) is 1. The molecule has 8 nitrogen and oxygen atoms in total. The summed E-state index contributed by atoms with van der Waals surface area (Å²) in [4.78, 5) is 27.5. The summed E-state index contributed by atoms with van der Waals surface area (Å²) in [6.07, 6.45) is 8.31. The summed E-state index contributed by atoms with van der Waals surface area (Å²) in [6, 6.07) is 6.32. The molecule has 0 saturated heterocycles. The Hall–Kier alpha value is -3.40. The van der Waals surface area contributed by atoms with E-state index in [0.29, 0.717) is 5.09 Å². The number of urea groups is 1. The molecule has 0 saturated carbocycles. The molecule has 3 rings (SSSR count). The van der Waals surface area contributed by atoms with E-state index in [9.17, 15) is 19.3 Å². The molecule has 1 aliphatic heterocycles. The maximum Gasteiger partial charge on any atom is 0.320 e. The van der Waals surface area contributed by atoms with Crippen molar-refractivity contribution in [2.24, 2.45) is 5.73 Å². The van der Waals surface area contributed by atoms with Gasteiger partial charge in [0.1, 0.15) is 17.8 Å². The van der Waals surface area contributed by atoms with Gasteiger partial charge < -0.3 is 10.5 Å². The molecule has 1 aromatic carbocycles. The van der Waals surface area contributed by atoms with Crippen LogP contribution >= 0.6 is 11.8 Å². The zero-order valence-corrected chi connectivity index (χ0v) is 15.9. The number of hydrogen-bond donors (Lipinski definition) is 1. The molecule has 150 valence electrons. The molecule has 0 fully saturated rings. The average molecular weight is 416 g/mol. The number of allylic oxidation sites excluding steroid dienone is 1. The summed E-state index contributed by atoms with van der Waals surface area (Å²) < 4.78 is 19.0. The third-order valence-electron chi connectivity index (χ3n) is 4.04. The molecule has 2 heterocycles. The first-order valence-corrected chi connectivity index (χ1v) is 9.40. The smallest absolute Gasteiger partial charge is 0.320 e. The highest BCUT2D eigenvalue weighted by molar-refractivity contribution is 8.03. The number of nitro benzene ring substituents is 1. The van der Waals surface area contributed by atoms with Gasteiger partial charge in [-0.15, -0.1) is 0 Å². The maximum absolute atomic E-state index is 13.3. The van der Waals surface area contributed by atoms with Crippen molar-refractivity contribution in [1.29, 1.82) is 0 Å². The van der Waals surface area contributed by atoms with E-state index in [1.165, 1.54) is 22.9 Å². The normalized spacial score (nSPS) is 16.1. The highest BCUT2D eigenvalue weighted by Crippen LogP contribution is 2.43. The SMILES string of the molecule is NC(=O)N1C=C(OCC=CCc2cc(F)ccc2[N+](=O)[O-])SC1c1ccncc1. The van der Waals surface area contributed by atoms with Crippen LogP contribution in [0.2, 0.25) is 0 Å². The second-order valence-electron chi connectivity index (χ2n) is 5.96. The lowest BCUT2D eigenvalue weighted by Gasteiger charge is -2.20. The van der Waals surface area contributed by atoms with Crippen molar-refractivity contribution >= 4 is 23.5 Å². The predicted molar refractivity (Wildman–Crippen MR) is 106 cm³/mol. The number of halogens is 1. The fourth-order valence-electron chi connectivity index (χ4n) is 2.69. The minimum Gasteiger partial charge on any atom is -0.482 e. The quantitative estimate of drug-likeness (QED) is 0.417. The van der Waals surface area contributed by atoms with Crippen LogP contribution < -0.4 is 5.73 Å². The number of primary amides is 1. The standard InChI is InChI=1S/C19H17FN4O4S/c20-15-4-5-16(24(26)27)14(11-15)3-1-2-10-28-17-12-23(19(21)25)18(29-17)13-6-8-22-9-7-13/h1-2,4-9,11-12,18H,3,10H2,(H2,21,25). The van der Waals surface area contributed by atoms with Gasteiger partial charge in [0.25, 0.3) is 5.69 Å². The minimum absolute atomic E-state index is 0.136. The van der Waals surface area contributed by atoms with E-state index in [2.05, 4.69) is 4.98 Å². The summed E-state index contributed by atoms with van der Waals surface area (Å²) in [6.45, 7) is 0.178. The van der Waals surface area contributed by atoms with Crippen molar-refractivity contribution in [3.63, 3.8) is 0 Å². The largest absolute Gasteiger partial charge is 0.482 e. The molecule has 2 amide bonds. The number of amides is 2. The van der Waals surface area contributed by atoms with Gasteiger partial charge in [-0.3, -0.25) is 20.0 Å². The first-order valence-electron chi connectivity index (χ1n) is 8.52. The molecule has 1 aliphatic rings. The number of benzene rings is 1. The van der Waals surface area contributed by atoms with Crippen molar-refractivity contribution < 1.29 is 18.8 Å². The number of pyridine rings is 1. The fourth-order valence-corrected chi connectivity index (χ4v) is 3.79. The van der Waals surface area contributed by atoms with Gasteiger partial charge in [0.05, 0.1) is 11.1 Å². The van der Waals surface area contributed by atoms with Gasteiger partial charge in [-0.1, -0.05) is 23.9 Å². The van der Waals surface area contributed by atoms with E-state index in [1.54, 1.807) is 36.7 Å². The number of nitrogens with zero attached hydrogens (tertiary/aromatic N) is 3. The van der Waals surface area contributed by atoms with E-state index in [4.69, 9.17) is 10.5 Å². The lowest BCUT2D eigenvalue weighted by atomic mass is 10.1. The molecule has 29 heavy (non-hydrogen) atoms. The van der Waals surface area contributed by atoms with Crippen LogP contribution in [0.25, 0.3) is 0 Å². The van der Waals surface area contributed by atoms with Crippen molar-refractivity contribution in [2.45, 2.75) is 11.8 Å². The van der Waals surface area contributed by atoms with Gasteiger partial charge in [0, 0.05) is 24.0 Å². The van der Waals surface area contributed by atoms with Crippen molar-refractivity contribution in [3.8, 4) is 0 Å². The van der Waals surface area contributed by atoms with E-state index < -0.39 is 16.8 Å². The number of aromatic nitrogens is 1. The summed E-state index contributed by atoms with van der Waals surface area (Å²) >= 11 is 1.33. The Morgan fingerprint density at radius 1 is 1.34 bits per heavy atom. The lowest BCUT2D eigenvalue weighted by molar-refractivity contribution is -0.385.